The third-order valence-corrected chi connectivity index (χ3v) is 4.20. The third-order valence-electron chi connectivity index (χ3n) is 4.20. The van der Waals surface area contributed by atoms with Gasteiger partial charge >= 0.3 is 12.0 Å². The lowest BCUT2D eigenvalue weighted by atomic mass is 9.91. The number of nitrogens with zero attached hydrogens (tertiary/aromatic N) is 1. The van der Waals surface area contributed by atoms with Gasteiger partial charge in [0.1, 0.15) is 0 Å². The Morgan fingerprint density at radius 2 is 1.62 bits per heavy atom. The van der Waals surface area contributed by atoms with Crippen molar-refractivity contribution in [2.24, 2.45) is 5.16 Å². The van der Waals surface area contributed by atoms with Crippen LogP contribution in [0.1, 0.15) is 36.0 Å². The first-order valence-electron chi connectivity index (χ1n) is 7.49. The summed E-state index contributed by atoms with van der Waals surface area (Å²) in [5, 5.41) is 12.9. The SMILES string of the molecule is CC(c1ccccc1)c1ccc(C2=NOC(O)(C(F)(F)F)C2)cc1. The fourth-order valence-electron chi connectivity index (χ4n) is 2.63. The van der Waals surface area contributed by atoms with Crippen LogP contribution in [0.4, 0.5) is 13.2 Å². The van der Waals surface area contributed by atoms with E-state index < -0.39 is 18.4 Å². The fraction of sp³-hybridized carbons (Fsp3) is 0.278. The minimum Gasteiger partial charge on any atom is -0.350 e. The molecule has 0 aromatic heterocycles. The Balaban J connectivity index is 1.77. The highest BCUT2D eigenvalue weighted by Gasteiger charge is 2.60. The molecule has 126 valence electrons. The van der Waals surface area contributed by atoms with Crippen molar-refractivity contribution in [3.63, 3.8) is 0 Å². The van der Waals surface area contributed by atoms with E-state index in [-0.39, 0.29) is 11.6 Å². The van der Waals surface area contributed by atoms with Crippen molar-refractivity contribution in [2.45, 2.75) is 31.2 Å². The molecule has 2 unspecified atom stereocenters. The summed E-state index contributed by atoms with van der Waals surface area (Å²) < 4.78 is 38.2. The van der Waals surface area contributed by atoms with E-state index in [0.29, 0.717) is 5.56 Å². The van der Waals surface area contributed by atoms with Crippen LogP contribution in [0.25, 0.3) is 0 Å². The van der Waals surface area contributed by atoms with E-state index in [1.54, 1.807) is 12.1 Å². The van der Waals surface area contributed by atoms with Crippen LogP contribution in [-0.4, -0.2) is 22.8 Å². The van der Waals surface area contributed by atoms with Crippen LogP contribution in [0.15, 0.2) is 59.8 Å². The molecule has 6 heteroatoms. The first kappa shape index (κ1) is 16.5. The number of hydrogen-bond donors (Lipinski definition) is 1. The predicted octanol–water partition coefficient (Wildman–Crippen LogP) is 4.21. The Morgan fingerprint density at radius 3 is 2.17 bits per heavy atom. The molecule has 0 aliphatic carbocycles. The molecule has 1 N–H and O–H groups in total. The summed E-state index contributed by atoms with van der Waals surface area (Å²) in [6.07, 6.45) is -5.61. The van der Waals surface area contributed by atoms with Crippen molar-refractivity contribution in [1.29, 1.82) is 0 Å². The third kappa shape index (κ3) is 3.01. The van der Waals surface area contributed by atoms with Crippen LogP contribution in [-0.2, 0) is 4.84 Å². The monoisotopic (exact) mass is 335 g/mol. The first-order chi connectivity index (χ1) is 11.3. The van der Waals surface area contributed by atoms with Gasteiger partial charge in [-0.3, -0.25) is 0 Å². The highest BCUT2D eigenvalue weighted by Crippen LogP contribution is 2.39. The van der Waals surface area contributed by atoms with Crippen molar-refractivity contribution in [3.05, 3.63) is 71.3 Å². The lowest BCUT2D eigenvalue weighted by Crippen LogP contribution is -2.45. The van der Waals surface area contributed by atoms with Crippen LogP contribution in [0, 0.1) is 0 Å². The van der Waals surface area contributed by atoms with Crippen LogP contribution in [0.5, 0.6) is 0 Å². The molecule has 0 fully saturated rings. The highest BCUT2D eigenvalue weighted by molar-refractivity contribution is 6.01. The minimum atomic E-state index is -4.89. The molecule has 0 saturated heterocycles. The second kappa shape index (κ2) is 5.94. The Kier molecular flexibility index (Phi) is 4.09. The van der Waals surface area contributed by atoms with Crippen molar-refractivity contribution >= 4 is 5.71 Å². The molecular formula is C18H16F3NO2. The lowest BCUT2D eigenvalue weighted by Gasteiger charge is -2.22. The van der Waals surface area contributed by atoms with Gasteiger partial charge in [0.05, 0.1) is 12.1 Å². The van der Waals surface area contributed by atoms with Gasteiger partial charge in [0.2, 0.25) is 0 Å². The van der Waals surface area contributed by atoms with Gasteiger partial charge in [0, 0.05) is 5.92 Å². The maximum atomic E-state index is 12.7. The predicted molar refractivity (Wildman–Crippen MR) is 83.6 cm³/mol. The Labute approximate surface area is 137 Å². The summed E-state index contributed by atoms with van der Waals surface area (Å²) in [4.78, 5) is 4.24. The number of halogens is 3. The first-order valence-corrected chi connectivity index (χ1v) is 7.49. The number of benzene rings is 2. The summed E-state index contributed by atoms with van der Waals surface area (Å²) in [5.41, 5.74) is 2.77. The summed E-state index contributed by atoms with van der Waals surface area (Å²) >= 11 is 0. The Morgan fingerprint density at radius 1 is 1.04 bits per heavy atom. The van der Waals surface area contributed by atoms with Crippen molar-refractivity contribution in [2.75, 3.05) is 0 Å². The van der Waals surface area contributed by atoms with Gasteiger partial charge in [-0.05, 0) is 16.7 Å². The highest BCUT2D eigenvalue weighted by atomic mass is 19.4. The number of oxime groups is 1. The molecule has 1 aliphatic heterocycles. The second-order valence-electron chi connectivity index (χ2n) is 5.84. The molecule has 2 atom stereocenters. The molecule has 1 heterocycles. The van der Waals surface area contributed by atoms with Gasteiger partial charge in [-0.2, -0.15) is 13.2 Å². The zero-order chi connectivity index (χ0) is 17.4. The topological polar surface area (TPSA) is 41.8 Å². The molecule has 24 heavy (non-hydrogen) atoms. The van der Waals surface area contributed by atoms with Crippen LogP contribution in [0.2, 0.25) is 0 Å². The van der Waals surface area contributed by atoms with Crippen molar-refractivity contribution < 1.29 is 23.1 Å². The Hall–Kier alpha value is -2.34. The summed E-state index contributed by atoms with van der Waals surface area (Å²) in [5.74, 6) is -3.08. The van der Waals surface area contributed by atoms with Crippen LogP contribution >= 0.6 is 0 Å². The van der Waals surface area contributed by atoms with Gasteiger partial charge in [-0.25, -0.2) is 0 Å². The van der Waals surface area contributed by atoms with Crippen molar-refractivity contribution in [3.8, 4) is 0 Å². The summed E-state index contributed by atoms with van der Waals surface area (Å²) in [6, 6.07) is 17.0. The van der Waals surface area contributed by atoms with Gasteiger partial charge in [0.25, 0.3) is 0 Å². The van der Waals surface area contributed by atoms with E-state index in [0.717, 1.165) is 11.1 Å². The molecule has 0 amide bonds. The molecule has 0 saturated carbocycles. The van der Waals surface area contributed by atoms with Gasteiger partial charge in [0.15, 0.2) is 0 Å². The molecule has 3 nitrogen and oxygen atoms in total. The van der Waals surface area contributed by atoms with Crippen LogP contribution in [0.3, 0.4) is 0 Å². The number of aliphatic hydroxyl groups is 1. The number of rotatable bonds is 3. The molecular weight excluding hydrogens is 319 g/mol. The molecule has 1 aliphatic rings. The summed E-state index contributed by atoms with van der Waals surface area (Å²) in [7, 11) is 0. The molecule has 2 aromatic rings. The number of hydrogen-bond acceptors (Lipinski definition) is 3. The van der Waals surface area contributed by atoms with E-state index in [4.69, 9.17) is 0 Å². The fourth-order valence-corrected chi connectivity index (χ4v) is 2.63. The molecule has 0 bridgehead atoms. The molecule has 3 rings (SSSR count). The normalized spacial score (nSPS) is 22.0. The van der Waals surface area contributed by atoms with E-state index in [1.807, 2.05) is 42.5 Å². The minimum absolute atomic E-state index is 0.0775. The maximum Gasteiger partial charge on any atom is 0.458 e. The lowest BCUT2D eigenvalue weighted by molar-refractivity contribution is -0.355. The van der Waals surface area contributed by atoms with Crippen LogP contribution < -0.4 is 0 Å². The second-order valence-corrected chi connectivity index (χ2v) is 5.84. The van der Waals surface area contributed by atoms with E-state index in [1.165, 1.54) is 0 Å². The average molecular weight is 335 g/mol. The smallest absolute Gasteiger partial charge is 0.350 e. The largest absolute Gasteiger partial charge is 0.458 e. The average Bonchev–Trinajstić information content (AvgIpc) is 2.99. The zero-order valence-corrected chi connectivity index (χ0v) is 12.9. The van der Waals surface area contributed by atoms with E-state index in [9.17, 15) is 18.3 Å². The van der Waals surface area contributed by atoms with Gasteiger partial charge in [-0.15, -0.1) is 0 Å². The quantitative estimate of drug-likeness (QED) is 0.913. The molecule has 0 radical (unpaired) electrons. The van der Waals surface area contributed by atoms with E-state index in [2.05, 4.69) is 16.9 Å². The molecule has 2 aromatic carbocycles. The van der Waals surface area contributed by atoms with Gasteiger partial charge < -0.3 is 9.94 Å². The Bertz CT molecular complexity index is 741. The summed E-state index contributed by atoms with van der Waals surface area (Å²) in [6.45, 7) is 2.06. The standard InChI is InChI=1S/C18H16F3NO2/c1-12(13-5-3-2-4-6-13)14-7-9-15(10-8-14)16-11-17(23,24-22-16)18(19,20)21/h2-10,12,23H,11H2,1H3. The number of alkyl halides is 3. The van der Waals surface area contributed by atoms with Gasteiger partial charge in [-0.1, -0.05) is 66.7 Å². The zero-order valence-electron chi connectivity index (χ0n) is 12.9. The maximum absolute atomic E-state index is 12.7. The van der Waals surface area contributed by atoms with Crippen molar-refractivity contribution in [1.82, 2.24) is 0 Å². The molecule has 0 spiro atoms. The van der Waals surface area contributed by atoms with E-state index >= 15 is 0 Å².